The van der Waals surface area contributed by atoms with E-state index in [-0.39, 0.29) is 0 Å². The van der Waals surface area contributed by atoms with E-state index in [4.69, 9.17) is 4.42 Å². The molecule has 0 spiro atoms. The Balaban J connectivity index is 2.26. The minimum Gasteiger partial charge on any atom is -0.467 e. The van der Waals surface area contributed by atoms with Crippen LogP contribution in [0.5, 0.6) is 0 Å². The summed E-state index contributed by atoms with van der Waals surface area (Å²) in [6.45, 7) is 5.76. The molecule has 3 heteroatoms. The summed E-state index contributed by atoms with van der Waals surface area (Å²) in [7, 11) is 0. The molecule has 0 fully saturated rings. The van der Waals surface area contributed by atoms with Crippen molar-refractivity contribution in [2.45, 2.75) is 20.4 Å². The van der Waals surface area contributed by atoms with Gasteiger partial charge in [0, 0.05) is 23.0 Å². The van der Waals surface area contributed by atoms with Crippen molar-refractivity contribution in [2.24, 2.45) is 0 Å². The zero-order valence-electron chi connectivity index (χ0n) is 9.66. The van der Waals surface area contributed by atoms with Gasteiger partial charge in [0.25, 0.3) is 0 Å². The lowest BCUT2D eigenvalue weighted by molar-refractivity contribution is 0.489. The molecule has 1 N–H and O–H groups in total. The van der Waals surface area contributed by atoms with E-state index in [9.17, 15) is 0 Å². The van der Waals surface area contributed by atoms with E-state index < -0.39 is 0 Å². The van der Waals surface area contributed by atoms with Gasteiger partial charge in [-0.25, -0.2) is 0 Å². The molecule has 0 saturated carbocycles. The molecule has 0 amide bonds. The Labute approximate surface area is 95.5 Å². The van der Waals surface area contributed by atoms with Gasteiger partial charge in [0.2, 0.25) is 0 Å². The van der Waals surface area contributed by atoms with Crippen LogP contribution < -0.4 is 5.32 Å². The van der Waals surface area contributed by atoms with Crippen LogP contribution in [0.25, 0.3) is 11.1 Å². The first kappa shape index (κ1) is 10.9. The Morgan fingerprint density at radius 1 is 1.31 bits per heavy atom. The van der Waals surface area contributed by atoms with Gasteiger partial charge in [-0.2, -0.15) is 0 Å². The monoisotopic (exact) mass is 216 g/mol. The lowest BCUT2D eigenvalue weighted by Gasteiger charge is -2.03. The second kappa shape index (κ2) is 4.94. The summed E-state index contributed by atoms with van der Waals surface area (Å²) in [4.78, 5) is 4.29. The second-order valence-electron chi connectivity index (χ2n) is 3.73. The van der Waals surface area contributed by atoms with Gasteiger partial charge in [-0.05, 0) is 25.6 Å². The number of hydrogen-bond donors (Lipinski definition) is 1. The van der Waals surface area contributed by atoms with Gasteiger partial charge in [-0.15, -0.1) is 0 Å². The van der Waals surface area contributed by atoms with Crippen LogP contribution in [0, 0.1) is 6.92 Å². The van der Waals surface area contributed by atoms with Crippen LogP contribution in [-0.2, 0) is 6.54 Å². The van der Waals surface area contributed by atoms with Crippen LogP contribution in [0.15, 0.2) is 35.1 Å². The third-order valence-corrected chi connectivity index (χ3v) is 2.50. The van der Waals surface area contributed by atoms with Crippen molar-refractivity contribution >= 4 is 0 Å². The fourth-order valence-corrected chi connectivity index (χ4v) is 1.60. The Bertz CT molecular complexity index is 445. The number of furan rings is 1. The maximum Gasteiger partial charge on any atom is 0.125 e. The molecule has 2 rings (SSSR count). The molecule has 0 aromatic carbocycles. The van der Waals surface area contributed by atoms with Crippen molar-refractivity contribution in [3.8, 4) is 11.1 Å². The van der Waals surface area contributed by atoms with Crippen molar-refractivity contribution in [1.82, 2.24) is 10.3 Å². The molecule has 2 aromatic rings. The average molecular weight is 216 g/mol. The van der Waals surface area contributed by atoms with Crippen molar-refractivity contribution in [2.75, 3.05) is 6.54 Å². The van der Waals surface area contributed by atoms with E-state index in [1.165, 1.54) is 0 Å². The largest absolute Gasteiger partial charge is 0.467 e. The summed E-state index contributed by atoms with van der Waals surface area (Å²) in [5, 5.41) is 3.26. The fraction of sp³-hybridized carbons (Fsp3) is 0.308. The third-order valence-electron chi connectivity index (χ3n) is 2.50. The van der Waals surface area contributed by atoms with Gasteiger partial charge >= 0.3 is 0 Å². The van der Waals surface area contributed by atoms with Crippen molar-refractivity contribution in [3.05, 3.63) is 42.1 Å². The van der Waals surface area contributed by atoms with Gasteiger partial charge in [0.15, 0.2) is 0 Å². The SMILES string of the molecule is CCNCc1occc1-c1ccc(C)nc1. The number of aryl methyl sites for hydroxylation is 1. The summed E-state index contributed by atoms with van der Waals surface area (Å²) >= 11 is 0. The Morgan fingerprint density at radius 2 is 2.19 bits per heavy atom. The average Bonchev–Trinajstić information content (AvgIpc) is 2.75. The molecular formula is C13H16N2O. The normalized spacial score (nSPS) is 10.6. The van der Waals surface area contributed by atoms with Crippen molar-refractivity contribution in [3.63, 3.8) is 0 Å². The molecule has 0 saturated heterocycles. The van der Waals surface area contributed by atoms with E-state index in [2.05, 4.69) is 23.3 Å². The van der Waals surface area contributed by atoms with Gasteiger partial charge in [-0.3, -0.25) is 4.98 Å². The van der Waals surface area contributed by atoms with Gasteiger partial charge in [-0.1, -0.05) is 13.0 Å². The number of aromatic nitrogens is 1. The van der Waals surface area contributed by atoms with Crippen LogP contribution in [-0.4, -0.2) is 11.5 Å². The zero-order valence-corrected chi connectivity index (χ0v) is 9.66. The first-order chi connectivity index (χ1) is 7.81. The topological polar surface area (TPSA) is 38.1 Å². The third kappa shape index (κ3) is 2.31. The smallest absolute Gasteiger partial charge is 0.125 e. The molecule has 16 heavy (non-hydrogen) atoms. The lowest BCUT2D eigenvalue weighted by atomic mass is 10.1. The highest BCUT2D eigenvalue weighted by molar-refractivity contribution is 5.64. The first-order valence-corrected chi connectivity index (χ1v) is 5.51. The van der Waals surface area contributed by atoms with E-state index in [1.54, 1.807) is 6.26 Å². The number of nitrogens with one attached hydrogen (secondary N) is 1. The highest BCUT2D eigenvalue weighted by Gasteiger charge is 2.07. The maximum absolute atomic E-state index is 5.46. The van der Waals surface area contributed by atoms with Crippen LogP contribution in [0.3, 0.4) is 0 Å². The van der Waals surface area contributed by atoms with E-state index in [1.807, 2.05) is 25.3 Å². The number of rotatable bonds is 4. The molecule has 0 aliphatic heterocycles. The lowest BCUT2D eigenvalue weighted by Crippen LogP contribution is -2.11. The Hall–Kier alpha value is -1.61. The van der Waals surface area contributed by atoms with Crippen LogP contribution in [0.1, 0.15) is 18.4 Å². The molecular weight excluding hydrogens is 200 g/mol. The van der Waals surface area contributed by atoms with Gasteiger partial charge in [0.1, 0.15) is 5.76 Å². The van der Waals surface area contributed by atoms with Crippen molar-refractivity contribution in [1.29, 1.82) is 0 Å². The predicted octanol–water partition coefficient (Wildman–Crippen LogP) is 2.76. The molecule has 0 aliphatic rings. The summed E-state index contributed by atoms with van der Waals surface area (Å²) in [5.74, 6) is 0.965. The molecule has 84 valence electrons. The molecule has 0 aliphatic carbocycles. The van der Waals surface area contributed by atoms with E-state index in [0.717, 1.165) is 35.7 Å². The molecule has 0 unspecified atom stereocenters. The highest BCUT2D eigenvalue weighted by Crippen LogP contribution is 2.24. The molecule has 0 radical (unpaired) electrons. The van der Waals surface area contributed by atoms with Gasteiger partial charge < -0.3 is 9.73 Å². The predicted molar refractivity (Wildman–Crippen MR) is 64.1 cm³/mol. The van der Waals surface area contributed by atoms with E-state index in [0.29, 0.717) is 0 Å². The first-order valence-electron chi connectivity index (χ1n) is 5.51. The van der Waals surface area contributed by atoms with Crippen LogP contribution in [0.4, 0.5) is 0 Å². The standard InChI is InChI=1S/C13H16N2O/c1-3-14-9-13-12(6-7-16-13)11-5-4-10(2)15-8-11/h4-8,14H,3,9H2,1-2H3. The summed E-state index contributed by atoms with van der Waals surface area (Å²) < 4.78 is 5.46. The minimum absolute atomic E-state index is 0.757. The zero-order chi connectivity index (χ0) is 11.4. The van der Waals surface area contributed by atoms with Crippen molar-refractivity contribution < 1.29 is 4.42 Å². The minimum atomic E-state index is 0.757. The van der Waals surface area contributed by atoms with E-state index >= 15 is 0 Å². The number of nitrogens with zero attached hydrogens (tertiary/aromatic N) is 1. The summed E-state index contributed by atoms with van der Waals surface area (Å²) in [6.07, 6.45) is 3.61. The van der Waals surface area contributed by atoms with Crippen LogP contribution >= 0.6 is 0 Å². The second-order valence-corrected chi connectivity index (χ2v) is 3.73. The maximum atomic E-state index is 5.46. The van der Waals surface area contributed by atoms with Crippen LogP contribution in [0.2, 0.25) is 0 Å². The highest BCUT2D eigenvalue weighted by atomic mass is 16.3. The Kier molecular flexibility index (Phi) is 3.37. The molecule has 2 aromatic heterocycles. The molecule has 0 atom stereocenters. The van der Waals surface area contributed by atoms with Gasteiger partial charge in [0.05, 0.1) is 12.8 Å². The Morgan fingerprint density at radius 3 is 2.88 bits per heavy atom. The summed E-state index contributed by atoms with van der Waals surface area (Å²) in [6, 6.07) is 6.07. The quantitative estimate of drug-likeness (QED) is 0.854. The fourth-order valence-electron chi connectivity index (χ4n) is 1.60. The molecule has 3 nitrogen and oxygen atoms in total. The molecule has 2 heterocycles. The number of pyridine rings is 1. The molecule has 0 bridgehead atoms. The summed E-state index contributed by atoms with van der Waals surface area (Å²) in [5.41, 5.74) is 3.25. The number of hydrogen-bond acceptors (Lipinski definition) is 3.